The van der Waals surface area contributed by atoms with E-state index in [-0.39, 0.29) is 5.41 Å². The highest BCUT2D eigenvalue weighted by Gasteiger charge is 2.61. The van der Waals surface area contributed by atoms with E-state index in [9.17, 15) is 5.11 Å². The molecule has 2 aliphatic rings. The second-order valence-corrected chi connectivity index (χ2v) is 9.16. The fourth-order valence-electron chi connectivity index (χ4n) is 5.12. The fraction of sp³-hybridized carbons (Fsp3) is 0.700. The van der Waals surface area contributed by atoms with Crippen molar-refractivity contribution in [2.24, 2.45) is 16.7 Å². The molecule has 0 spiro atoms. The van der Waals surface area contributed by atoms with E-state index in [1.54, 1.807) is 0 Å². The van der Waals surface area contributed by atoms with Crippen molar-refractivity contribution >= 4 is 0 Å². The number of aromatic hydroxyl groups is 1. The van der Waals surface area contributed by atoms with E-state index in [4.69, 9.17) is 0 Å². The first-order valence-electron chi connectivity index (χ1n) is 8.41. The summed E-state index contributed by atoms with van der Waals surface area (Å²) in [6.07, 6.45) is 3.90. The summed E-state index contributed by atoms with van der Waals surface area (Å²) in [6.45, 7) is 13.9. The summed E-state index contributed by atoms with van der Waals surface area (Å²) in [6, 6.07) is 6.38. The number of phenols is 1. The third-order valence-electron chi connectivity index (χ3n) is 7.04. The van der Waals surface area contributed by atoms with Crippen LogP contribution in [0.3, 0.4) is 0 Å². The molecule has 2 fully saturated rings. The molecule has 0 aliphatic heterocycles. The van der Waals surface area contributed by atoms with Crippen LogP contribution in [-0.4, -0.2) is 5.11 Å². The van der Waals surface area contributed by atoms with Crippen molar-refractivity contribution in [2.45, 2.75) is 72.1 Å². The molecule has 2 saturated carbocycles. The number of rotatable bonds is 1. The topological polar surface area (TPSA) is 20.2 Å². The molecular formula is C20H30O. The van der Waals surface area contributed by atoms with Gasteiger partial charge in [0.1, 0.15) is 5.75 Å². The van der Waals surface area contributed by atoms with Crippen molar-refractivity contribution < 1.29 is 5.11 Å². The van der Waals surface area contributed by atoms with Crippen LogP contribution in [0.25, 0.3) is 0 Å². The zero-order valence-corrected chi connectivity index (χ0v) is 14.5. The van der Waals surface area contributed by atoms with Gasteiger partial charge in [-0.3, -0.25) is 0 Å². The summed E-state index contributed by atoms with van der Waals surface area (Å²) in [5.74, 6) is 1.87. The Balaban J connectivity index is 2.08. The Kier molecular flexibility index (Phi) is 3.04. The monoisotopic (exact) mass is 286 g/mol. The molecule has 2 aliphatic carbocycles. The SMILES string of the molecule is CC(C)(C)c1cccc(C2CC3CCC2(C)C3(C)C)c1O. The van der Waals surface area contributed by atoms with Crippen LogP contribution in [0.15, 0.2) is 18.2 Å². The third-order valence-corrected chi connectivity index (χ3v) is 7.04. The van der Waals surface area contributed by atoms with Crippen LogP contribution in [0, 0.1) is 16.7 Å². The van der Waals surface area contributed by atoms with Gasteiger partial charge in [0.15, 0.2) is 0 Å². The molecule has 0 radical (unpaired) electrons. The van der Waals surface area contributed by atoms with E-state index >= 15 is 0 Å². The first-order chi connectivity index (χ1) is 9.59. The number of hydrogen-bond donors (Lipinski definition) is 1. The average molecular weight is 286 g/mol. The van der Waals surface area contributed by atoms with E-state index in [1.807, 2.05) is 0 Å². The molecule has 1 heteroatoms. The van der Waals surface area contributed by atoms with E-state index in [1.165, 1.54) is 24.8 Å². The number of benzene rings is 1. The Bertz CT molecular complexity index is 564. The van der Waals surface area contributed by atoms with Gasteiger partial charge in [0.2, 0.25) is 0 Å². The Morgan fingerprint density at radius 3 is 2.29 bits per heavy atom. The molecule has 0 amide bonds. The van der Waals surface area contributed by atoms with Crippen LogP contribution >= 0.6 is 0 Å². The Hall–Kier alpha value is -0.980. The van der Waals surface area contributed by atoms with Crippen LogP contribution < -0.4 is 0 Å². The fourth-order valence-corrected chi connectivity index (χ4v) is 5.12. The van der Waals surface area contributed by atoms with Crippen molar-refractivity contribution in [1.82, 2.24) is 0 Å². The largest absolute Gasteiger partial charge is 0.507 e. The lowest BCUT2D eigenvalue weighted by Gasteiger charge is -2.40. The molecule has 2 bridgehead atoms. The van der Waals surface area contributed by atoms with E-state index in [0.717, 1.165) is 11.5 Å². The summed E-state index contributed by atoms with van der Waals surface area (Å²) in [4.78, 5) is 0. The zero-order chi connectivity index (χ0) is 15.6. The second-order valence-electron chi connectivity index (χ2n) is 9.16. The van der Waals surface area contributed by atoms with E-state index in [2.05, 4.69) is 59.7 Å². The molecule has 0 saturated heterocycles. The molecule has 3 atom stereocenters. The highest BCUT2D eigenvalue weighted by atomic mass is 16.3. The van der Waals surface area contributed by atoms with Gasteiger partial charge < -0.3 is 5.11 Å². The van der Waals surface area contributed by atoms with Crippen LogP contribution in [0.2, 0.25) is 0 Å². The number of hydrogen-bond acceptors (Lipinski definition) is 1. The Morgan fingerprint density at radius 2 is 1.81 bits per heavy atom. The molecule has 1 aromatic rings. The maximum atomic E-state index is 10.9. The zero-order valence-electron chi connectivity index (χ0n) is 14.5. The van der Waals surface area contributed by atoms with E-state index in [0.29, 0.717) is 22.5 Å². The van der Waals surface area contributed by atoms with Crippen molar-refractivity contribution in [3.05, 3.63) is 29.3 Å². The maximum absolute atomic E-state index is 10.9. The molecule has 0 heterocycles. The van der Waals surface area contributed by atoms with E-state index < -0.39 is 0 Å². The summed E-state index contributed by atoms with van der Waals surface area (Å²) in [5, 5.41) is 10.9. The molecular weight excluding hydrogens is 256 g/mol. The summed E-state index contributed by atoms with van der Waals surface area (Å²) < 4.78 is 0. The molecule has 116 valence electrons. The predicted molar refractivity (Wildman–Crippen MR) is 88.8 cm³/mol. The van der Waals surface area contributed by atoms with Crippen molar-refractivity contribution in [1.29, 1.82) is 0 Å². The second kappa shape index (κ2) is 4.27. The maximum Gasteiger partial charge on any atom is 0.122 e. The van der Waals surface area contributed by atoms with Crippen LogP contribution in [0.1, 0.15) is 77.8 Å². The first kappa shape index (κ1) is 14.9. The minimum atomic E-state index is -0.00582. The van der Waals surface area contributed by atoms with Crippen molar-refractivity contribution in [2.75, 3.05) is 0 Å². The van der Waals surface area contributed by atoms with Crippen LogP contribution in [0.5, 0.6) is 5.75 Å². The summed E-state index contributed by atoms with van der Waals surface area (Å²) >= 11 is 0. The lowest BCUT2D eigenvalue weighted by atomic mass is 9.64. The minimum Gasteiger partial charge on any atom is -0.507 e. The molecule has 3 unspecified atom stereocenters. The Morgan fingerprint density at radius 1 is 1.14 bits per heavy atom. The molecule has 1 nitrogen and oxygen atoms in total. The summed E-state index contributed by atoms with van der Waals surface area (Å²) in [5.41, 5.74) is 2.99. The molecule has 3 rings (SSSR count). The van der Waals surface area contributed by atoms with Gasteiger partial charge >= 0.3 is 0 Å². The van der Waals surface area contributed by atoms with Crippen molar-refractivity contribution in [3.63, 3.8) is 0 Å². The Labute approximate surface area is 129 Å². The van der Waals surface area contributed by atoms with Gasteiger partial charge in [0.25, 0.3) is 0 Å². The average Bonchev–Trinajstić information content (AvgIpc) is 2.70. The predicted octanol–water partition coefficient (Wildman–Crippen LogP) is 5.62. The van der Waals surface area contributed by atoms with Gasteiger partial charge in [-0.2, -0.15) is 0 Å². The molecule has 0 aromatic heterocycles. The van der Waals surface area contributed by atoms with Gasteiger partial charge in [-0.15, -0.1) is 0 Å². The number of phenolic OH excluding ortho intramolecular Hbond substituents is 1. The quantitative estimate of drug-likeness (QED) is 0.710. The van der Waals surface area contributed by atoms with Gasteiger partial charge in [0, 0.05) is 0 Å². The molecule has 21 heavy (non-hydrogen) atoms. The lowest BCUT2D eigenvalue weighted by Crippen LogP contribution is -2.31. The third kappa shape index (κ3) is 1.89. The van der Waals surface area contributed by atoms with Crippen molar-refractivity contribution in [3.8, 4) is 5.75 Å². The molecule has 1 N–H and O–H groups in total. The number of para-hydroxylation sites is 1. The minimum absolute atomic E-state index is 0.00582. The standard InChI is InChI=1S/C20H30O/c1-18(2,3)15-9-7-8-14(17(15)21)16-12-13-10-11-20(16,6)19(13,4)5/h7-9,13,16,21H,10-12H2,1-6H3. The highest BCUT2D eigenvalue weighted by molar-refractivity contribution is 5.47. The van der Waals surface area contributed by atoms with Crippen LogP contribution in [-0.2, 0) is 5.41 Å². The number of fused-ring (bicyclic) bond motifs is 2. The normalized spacial score (nSPS) is 34.4. The first-order valence-corrected chi connectivity index (χ1v) is 8.41. The summed E-state index contributed by atoms with van der Waals surface area (Å²) in [7, 11) is 0. The van der Waals surface area contributed by atoms with Gasteiger partial charge in [0.05, 0.1) is 0 Å². The van der Waals surface area contributed by atoms with Gasteiger partial charge in [-0.1, -0.05) is 59.7 Å². The molecule has 1 aromatic carbocycles. The van der Waals surface area contributed by atoms with Gasteiger partial charge in [-0.25, -0.2) is 0 Å². The highest BCUT2D eigenvalue weighted by Crippen LogP contribution is 2.71. The van der Waals surface area contributed by atoms with Crippen LogP contribution in [0.4, 0.5) is 0 Å². The lowest BCUT2D eigenvalue weighted by molar-refractivity contribution is 0.133. The van der Waals surface area contributed by atoms with Gasteiger partial charge in [-0.05, 0) is 58.5 Å². The smallest absolute Gasteiger partial charge is 0.122 e.